The molecule has 6 N–H and O–H groups in total. The molecule has 0 spiro atoms. The van der Waals surface area contributed by atoms with Crippen LogP contribution in [0.1, 0.15) is 63.5 Å². The van der Waals surface area contributed by atoms with Gasteiger partial charge in [0.05, 0.1) is 16.5 Å². The Morgan fingerprint density at radius 2 is 1.68 bits per heavy atom. The van der Waals surface area contributed by atoms with Crippen molar-refractivity contribution in [2.45, 2.75) is 89.4 Å². The first-order valence-electron chi connectivity index (χ1n) is 16.5. The van der Waals surface area contributed by atoms with Gasteiger partial charge in [0.2, 0.25) is 5.91 Å². The lowest BCUT2D eigenvalue weighted by Gasteiger charge is -2.38. The van der Waals surface area contributed by atoms with Crippen LogP contribution in [0.3, 0.4) is 0 Å². The van der Waals surface area contributed by atoms with Crippen molar-refractivity contribution in [1.82, 2.24) is 20.4 Å². The van der Waals surface area contributed by atoms with Gasteiger partial charge in [-0.3, -0.25) is 4.79 Å². The number of likely N-dealkylation sites (tertiary alicyclic amines) is 1. The van der Waals surface area contributed by atoms with E-state index in [9.17, 15) is 4.79 Å². The Labute approximate surface area is 276 Å². The van der Waals surface area contributed by atoms with Crippen molar-refractivity contribution in [3.63, 3.8) is 0 Å². The predicted molar refractivity (Wildman–Crippen MR) is 186 cm³/mol. The van der Waals surface area contributed by atoms with Gasteiger partial charge in [-0.15, -0.1) is 0 Å². The minimum absolute atomic E-state index is 0.0836. The SMILES string of the molecule is CC(C)CC(CNC(CCCCN)CN(C)C1CCN(C(=O)Cc2ccc(Cl)c(Cl)c2)CC1)NCC(N)Cc1ccccc1. The van der Waals surface area contributed by atoms with Crippen LogP contribution in [0.2, 0.25) is 10.0 Å². The van der Waals surface area contributed by atoms with E-state index in [0.29, 0.717) is 40.5 Å². The van der Waals surface area contributed by atoms with Gasteiger partial charge in [-0.2, -0.15) is 0 Å². The highest BCUT2D eigenvalue weighted by atomic mass is 35.5. The zero-order valence-corrected chi connectivity index (χ0v) is 28.6. The molecule has 0 radical (unpaired) electrons. The van der Waals surface area contributed by atoms with Crippen molar-refractivity contribution in [3.05, 3.63) is 69.7 Å². The van der Waals surface area contributed by atoms with Gasteiger partial charge in [0.25, 0.3) is 0 Å². The number of benzene rings is 2. The van der Waals surface area contributed by atoms with Crippen LogP contribution in [0.5, 0.6) is 0 Å². The smallest absolute Gasteiger partial charge is 0.226 e. The lowest BCUT2D eigenvalue weighted by atomic mass is 10.00. The van der Waals surface area contributed by atoms with E-state index in [4.69, 9.17) is 34.7 Å². The van der Waals surface area contributed by atoms with Gasteiger partial charge < -0.3 is 31.9 Å². The molecule has 1 fully saturated rings. The Morgan fingerprint density at radius 1 is 0.977 bits per heavy atom. The molecule has 1 aliphatic rings. The monoisotopic (exact) mass is 646 g/mol. The Hall–Kier alpha value is -1.71. The zero-order valence-electron chi connectivity index (χ0n) is 27.1. The molecule has 0 aliphatic carbocycles. The molecule has 1 saturated heterocycles. The van der Waals surface area contributed by atoms with E-state index < -0.39 is 0 Å². The molecule has 9 heteroatoms. The van der Waals surface area contributed by atoms with Gasteiger partial charge in [-0.05, 0) is 81.3 Å². The topological polar surface area (TPSA) is 99.6 Å². The summed E-state index contributed by atoms with van der Waals surface area (Å²) in [4.78, 5) is 17.5. The number of rotatable bonds is 19. The van der Waals surface area contributed by atoms with Crippen molar-refractivity contribution < 1.29 is 4.79 Å². The maximum absolute atomic E-state index is 13.0. The molecule has 3 unspecified atom stereocenters. The number of nitrogens with zero attached hydrogens (tertiary/aromatic N) is 2. The third-order valence-electron chi connectivity index (χ3n) is 8.71. The summed E-state index contributed by atoms with van der Waals surface area (Å²) in [6.07, 6.45) is 7.56. The lowest BCUT2D eigenvalue weighted by molar-refractivity contribution is -0.132. The molecule has 3 rings (SSSR count). The minimum atomic E-state index is 0.0836. The van der Waals surface area contributed by atoms with E-state index in [1.54, 1.807) is 12.1 Å². The van der Waals surface area contributed by atoms with Crippen LogP contribution >= 0.6 is 23.2 Å². The van der Waals surface area contributed by atoms with Gasteiger partial charge in [0.1, 0.15) is 0 Å². The molecule has 246 valence electrons. The van der Waals surface area contributed by atoms with Crippen molar-refractivity contribution >= 4 is 29.1 Å². The lowest BCUT2D eigenvalue weighted by Crippen LogP contribution is -2.52. The first-order chi connectivity index (χ1) is 21.1. The number of likely N-dealkylation sites (N-methyl/N-ethyl adjacent to an activating group) is 1. The largest absolute Gasteiger partial charge is 0.342 e. The predicted octanol–water partition coefficient (Wildman–Crippen LogP) is 5.12. The molecule has 0 saturated carbocycles. The van der Waals surface area contributed by atoms with Crippen LogP contribution in [0, 0.1) is 5.92 Å². The number of hydrogen-bond acceptors (Lipinski definition) is 6. The van der Waals surface area contributed by atoms with Gasteiger partial charge in [-0.25, -0.2) is 0 Å². The average Bonchev–Trinajstić information content (AvgIpc) is 3.00. The molecule has 2 aromatic rings. The number of nitrogens with two attached hydrogens (primary N) is 2. The maximum atomic E-state index is 13.0. The number of nitrogens with one attached hydrogen (secondary N) is 2. The van der Waals surface area contributed by atoms with Gasteiger partial charge in [0.15, 0.2) is 0 Å². The Morgan fingerprint density at radius 3 is 2.34 bits per heavy atom. The summed E-state index contributed by atoms with van der Waals surface area (Å²) in [6.45, 7) is 9.56. The Kier molecular flexibility index (Phi) is 16.5. The summed E-state index contributed by atoms with van der Waals surface area (Å²) >= 11 is 12.2. The molecular formula is C35H56Cl2N6O. The number of carbonyl (C=O) groups is 1. The quantitative estimate of drug-likeness (QED) is 0.158. The Bertz CT molecular complexity index is 1100. The normalized spacial score (nSPS) is 16.4. The second kappa shape index (κ2) is 19.7. The fourth-order valence-corrected chi connectivity index (χ4v) is 6.53. The van der Waals surface area contributed by atoms with Crippen LogP contribution in [-0.4, -0.2) is 86.2 Å². The molecule has 1 heterocycles. The molecule has 0 aromatic heterocycles. The molecular weight excluding hydrogens is 591 g/mol. The summed E-state index contributed by atoms with van der Waals surface area (Å²) in [5.74, 6) is 0.751. The third-order valence-corrected chi connectivity index (χ3v) is 9.45. The van der Waals surface area contributed by atoms with Crippen molar-refractivity contribution in [2.24, 2.45) is 17.4 Å². The molecule has 7 nitrogen and oxygen atoms in total. The summed E-state index contributed by atoms with van der Waals surface area (Å²) in [6, 6.07) is 17.2. The molecule has 1 amide bonds. The van der Waals surface area contributed by atoms with Crippen LogP contribution in [-0.2, 0) is 17.6 Å². The van der Waals surface area contributed by atoms with Crippen LogP contribution < -0.4 is 22.1 Å². The fraction of sp³-hybridized carbons (Fsp3) is 0.629. The van der Waals surface area contributed by atoms with Crippen LogP contribution in [0.4, 0.5) is 0 Å². The third kappa shape index (κ3) is 13.3. The van der Waals surface area contributed by atoms with Crippen LogP contribution in [0.15, 0.2) is 48.5 Å². The van der Waals surface area contributed by atoms with Crippen LogP contribution in [0.25, 0.3) is 0 Å². The van der Waals surface area contributed by atoms with Gasteiger partial charge in [0, 0.05) is 56.9 Å². The summed E-state index contributed by atoms with van der Waals surface area (Å²) < 4.78 is 0. The average molecular weight is 648 g/mol. The molecule has 2 aromatic carbocycles. The van der Waals surface area contributed by atoms with E-state index in [1.165, 1.54) is 5.56 Å². The maximum Gasteiger partial charge on any atom is 0.226 e. The molecule has 3 atom stereocenters. The number of halogens is 2. The molecule has 44 heavy (non-hydrogen) atoms. The van der Waals surface area contributed by atoms with Crippen molar-refractivity contribution in [3.8, 4) is 0 Å². The first kappa shape index (κ1) is 36.8. The zero-order chi connectivity index (χ0) is 31.9. The standard InChI is InChI=1S/C35H56Cl2N6O/c1-26(2)19-31(40-23-29(39)20-27-9-5-4-6-10-27)24-41-30(11-7-8-16-38)25-42(3)32-14-17-43(18-15-32)35(44)22-28-12-13-33(36)34(37)21-28/h4-6,9-10,12-13,21,26,29-32,40-41H,7-8,11,14-20,22-25,38-39H2,1-3H3. The van der Waals surface area contributed by atoms with E-state index in [0.717, 1.165) is 89.8 Å². The fourth-order valence-electron chi connectivity index (χ4n) is 6.21. The first-order valence-corrected chi connectivity index (χ1v) is 17.3. The summed E-state index contributed by atoms with van der Waals surface area (Å²) in [5.41, 5.74) is 14.5. The number of piperidine rings is 1. The number of hydrogen-bond donors (Lipinski definition) is 4. The molecule has 1 aliphatic heterocycles. The molecule has 0 bridgehead atoms. The minimum Gasteiger partial charge on any atom is -0.342 e. The number of unbranched alkanes of at least 4 members (excludes halogenated alkanes) is 1. The second-order valence-electron chi connectivity index (χ2n) is 13.1. The van der Waals surface area contributed by atoms with Gasteiger partial charge >= 0.3 is 0 Å². The number of amides is 1. The second-order valence-corrected chi connectivity index (χ2v) is 13.9. The number of carbonyl (C=O) groups excluding carboxylic acids is 1. The van der Waals surface area contributed by atoms with Crippen molar-refractivity contribution in [1.29, 1.82) is 0 Å². The Balaban J connectivity index is 1.48. The van der Waals surface area contributed by atoms with E-state index in [1.807, 2.05) is 17.0 Å². The van der Waals surface area contributed by atoms with Crippen molar-refractivity contribution in [2.75, 3.05) is 46.3 Å². The van der Waals surface area contributed by atoms with E-state index >= 15 is 0 Å². The highest BCUT2D eigenvalue weighted by molar-refractivity contribution is 6.42. The highest BCUT2D eigenvalue weighted by Gasteiger charge is 2.27. The van der Waals surface area contributed by atoms with Gasteiger partial charge in [-0.1, -0.05) is 79.9 Å². The highest BCUT2D eigenvalue weighted by Crippen LogP contribution is 2.24. The summed E-state index contributed by atoms with van der Waals surface area (Å²) in [7, 11) is 2.24. The van der Waals surface area contributed by atoms with E-state index in [2.05, 4.69) is 60.7 Å². The van der Waals surface area contributed by atoms with E-state index in [-0.39, 0.29) is 11.9 Å². The summed E-state index contributed by atoms with van der Waals surface area (Å²) in [5, 5.41) is 8.70.